The Bertz CT molecular complexity index is 606. The van der Waals surface area contributed by atoms with Gasteiger partial charge in [-0.2, -0.15) is 0 Å². The maximum atomic E-state index is 13.0. The Hall–Kier alpha value is 0.490. The molecule has 25 heavy (non-hydrogen) atoms. The summed E-state index contributed by atoms with van der Waals surface area (Å²) in [5, 5.41) is -0.824. The molecule has 5 N–H and O–H groups in total. The fourth-order valence-corrected chi connectivity index (χ4v) is 4.26. The highest BCUT2D eigenvalue weighted by Gasteiger charge is 2.52. The first-order valence-corrected chi connectivity index (χ1v) is 11.5. The summed E-state index contributed by atoms with van der Waals surface area (Å²) in [4.78, 5) is 37.9. The van der Waals surface area contributed by atoms with Crippen LogP contribution in [0.3, 0.4) is 0 Å². The molecule has 1 rings (SSSR count). The zero-order chi connectivity index (χ0) is 19.3. The minimum Gasteiger partial charge on any atom is -0.348 e. The number of nitrogens with zero attached hydrogens (tertiary/aromatic N) is 1. The molecule has 144 valence electrons. The first-order valence-electron chi connectivity index (χ1n) is 6.99. The van der Waals surface area contributed by atoms with E-state index >= 15 is 0 Å². The molecule has 0 fully saturated rings. The van der Waals surface area contributed by atoms with Crippen LogP contribution in [0.25, 0.3) is 0 Å². The molecule has 1 heterocycles. The molecule has 0 bridgehead atoms. The van der Waals surface area contributed by atoms with E-state index in [0.29, 0.717) is 11.0 Å². The minimum atomic E-state index is -5.06. The number of halogens is 4. The Kier molecular flexibility index (Phi) is 9.55. The molecule has 3 unspecified atom stereocenters. The molecule has 0 aliphatic heterocycles. The van der Waals surface area contributed by atoms with Crippen molar-refractivity contribution < 1.29 is 23.7 Å². The van der Waals surface area contributed by atoms with E-state index in [4.69, 9.17) is 33.5 Å². The maximum absolute atomic E-state index is 13.0. The number of phosphoric acid groups is 1. The Morgan fingerprint density at radius 1 is 1.56 bits per heavy atom. The molecule has 0 radical (unpaired) electrons. The highest BCUT2D eigenvalue weighted by atomic mass is 79.9. The Morgan fingerprint density at radius 3 is 2.64 bits per heavy atom. The van der Waals surface area contributed by atoms with E-state index in [1.54, 1.807) is 0 Å². The smallest absolute Gasteiger partial charge is 0.348 e. The van der Waals surface area contributed by atoms with Crippen LogP contribution in [0.5, 0.6) is 0 Å². The monoisotopic (exact) mass is 543 g/mol. The van der Waals surface area contributed by atoms with Crippen molar-refractivity contribution in [3.8, 4) is 0 Å². The second-order valence-corrected chi connectivity index (χ2v) is 9.24. The molecule has 8 nitrogen and oxygen atoms in total. The number of rotatable bonds is 11. The number of carbonyl (C=O) groups is 1. The first-order chi connectivity index (χ1) is 11.6. The van der Waals surface area contributed by atoms with Crippen molar-refractivity contribution in [2.45, 2.75) is 34.7 Å². The number of hydrogen-bond acceptors (Lipinski definition) is 5. The molecule has 0 saturated heterocycles. The summed E-state index contributed by atoms with van der Waals surface area (Å²) in [7, 11) is -5.06. The van der Waals surface area contributed by atoms with Crippen LogP contribution in [-0.2, 0) is 20.3 Å². The second-order valence-electron chi connectivity index (χ2n) is 5.30. The molecule has 0 aromatic carbocycles. The van der Waals surface area contributed by atoms with Crippen LogP contribution in [0.15, 0.2) is 12.5 Å². The predicted molar refractivity (Wildman–Crippen MR) is 103 cm³/mol. The van der Waals surface area contributed by atoms with Crippen molar-refractivity contribution in [1.82, 2.24) is 9.97 Å². The number of phosphoric ester groups is 1. The number of aromatic amines is 1. The number of imidazole rings is 1. The van der Waals surface area contributed by atoms with Crippen LogP contribution >= 0.6 is 62.9 Å². The van der Waals surface area contributed by atoms with Gasteiger partial charge in [0.1, 0.15) is 0 Å². The standard InChI is InChI=1S/C12H18Br2Cl2N3O5P/c13-3-7(14)2-12(10(16)4-15,24-25(21,22)23)11(20)9(17)1-8-5-18-6-19-8/h5-7,9-10H,1-4,17H2,(H,18,19)(H2,21,22,23)/t7?,9-,10?,12?/m0/s1. The molecule has 0 spiro atoms. The summed E-state index contributed by atoms with van der Waals surface area (Å²) in [6.07, 6.45) is 2.84. The number of alkyl halides is 4. The highest BCUT2D eigenvalue weighted by molar-refractivity contribution is 9.12. The normalized spacial score (nSPS) is 18.4. The van der Waals surface area contributed by atoms with Crippen molar-refractivity contribution in [2.24, 2.45) is 5.73 Å². The quantitative estimate of drug-likeness (QED) is 0.247. The Morgan fingerprint density at radius 2 is 2.20 bits per heavy atom. The topological polar surface area (TPSA) is 139 Å². The molecule has 13 heteroatoms. The first kappa shape index (κ1) is 23.5. The summed E-state index contributed by atoms with van der Waals surface area (Å²) in [6.45, 7) is 0. The number of Topliss-reactive ketones (excluding diaryl/α,β-unsaturated/α-hetero) is 1. The average Bonchev–Trinajstić information content (AvgIpc) is 3.03. The van der Waals surface area contributed by atoms with Gasteiger partial charge in [0, 0.05) is 34.3 Å². The van der Waals surface area contributed by atoms with Gasteiger partial charge in [-0.25, -0.2) is 9.55 Å². The summed E-state index contributed by atoms with van der Waals surface area (Å²) in [6, 6.07) is -1.13. The van der Waals surface area contributed by atoms with Crippen molar-refractivity contribution in [3.63, 3.8) is 0 Å². The van der Waals surface area contributed by atoms with Gasteiger partial charge in [0.05, 0.1) is 17.7 Å². The molecule has 0 aliphatic rings. The molecular formula is C12H18Br2Cl2N3O5P. The van der Waals surface area contributed by atoms with E-state index in [9.17, 15) is 19.1 Å². The van der Waals surface area contributed by atoms with Crippen LogP contribution in [-0.4, -0.2) is 58.6 Å². The van der Waals surface area contributed by atoms with E-state index in [1.807, 2.05) is 0 Å². The zero-order valence-corrected chi connectivity index (χ0v) is 18.4. The van der Waals surface area contributed by atoms with Crippen LogP contribution < -0.4 is 5.73 Å². The third kappa shape index (κ3) is 6.86. The van der Waals surface area contributed by atoms with Gasteiger partial charge in [-0.15, -0.1) is 23.2 Å². The van der Waals surface area contributed by atoms with Crippen molar-refractivity contribution in [3.05, 3.63) is 18.2 Å². The molecule has 1 aromatic rings. The van der Waals surface area contributed by atoms with Gasteiger partial charge in [-0.05, 0) is 6.42 Å². The van der Waals surface area contributed by atoms with Crippen LogP contribution in [0.4, 0.5) is 0 Å². The van der Waals surface area contributed by atoms with Crippen molar-refractivity contribution in [1.29, 1.82) is 0 Å². The SMILES string of the molecule is N[C@@H](Cc1cnc[nH]1)C(=O)C(CC(Br)CBr)(OP(=O)(O)O)C(Cl)CCl. The maximum Gasteiger partial charge on any atom is 0.470 e. The lowest BCUT2D eigenvalue weighted by atomic mass is 9.85. The van der Waals surface area contributed by atoms with E-state index in [2.05, 4.69) is 41.8 Å². The van der Waals surface area contributed by atoms with Crippen molar-refractivity contribution >= 4 is 68.7 Å². The minimum absolute atomic E-state index is 0.0677. The molecular weight excluding hydrogens is 528 g/mol. The molecule has 0 amide bonds. The molecule has 0 saturated carbocycles. The lowest BCUT2D eigenvalue weighted by Crippen LogP contribution is -2.57. The lowest BCUT2D eigenvalue weighted by Gasteiger charge is -2.38. The summed E-state index contributed by atoms with van der Waals surface area (Å²) in [5.74, 6) is -1.03. The highest BCUT2D eigenvalue weighted by Crippen LogP contribution is 2.47. The van der Waals surface area contributed by atoms with Crippen LogP contribution in [0, 0.1) is 0 Å². The van der Waals surface area contributed by atoms with Gasteiger partial charge in [0.15, 0.2) is 11.4 Å². The number of hydrogen-bond donors (Lipinski definition) is 4. The third-order valence-corrected chi connectivity index (χ3v) is 7.20. The van der Waals surface area contributed by atoms with Gasteiger partial charge < -0.3 is 20.5 Å². The lowest BCUT2D eigenvalue weighted by molar-refractivity contribution is -0.138. The number of nitrogens with one attached hydrogen (secondary N) is 1. The fraction of sp³-hybridized carbons (Fsp3) is 0.667. The molecule has 0 aliphatic carbocycles. The largest absolute Gasteiger partial charge is 0.470 e. The summed E-state index contributed by atoms with van der Waals surface area (Å²) in [5.41, 5.74) is 4.48. The number of ketones is 1. The van der Waals surface area contributed by atoms with Gasteiger partial charge in [-0.3, -0.25) is 9.32 Å². The van der Waals surface area contributed by atoms with Crippen LogP contribution in [0.1, 0.15) is 12.1 Å². The van der Waals surface area contributed by atoms with Gasteiger partial charge >= 0.3 is 7.82 Å². The molecule has 4 atom stereocenters. The zero-order valence-electron chi connectivity index (χ0n) is 12.8. The number of carbonyl (C=O) groups excluding carboxylic acids is 1. The fourth-order valence-electron chi connectivity index (χ4n) is 2.28. The third-order valence-electron chi connectivity index (χ3n) is 3.36. The molecule has 1 aromatic heterocycles. The average molecular weight is 546 g/mol. The number of H-pyrrole nitrogens is 1. The predicted octanol–water partition coefficient (Wildman–Crippen LogP) is 2.09. The number of nitrogens with two attached hydrogens (primary N) is 1. The van der Waals surface area contributed by atoms with Gasteiger partial charge in [0.25, 0.3) is 0 Å². The van der Waals surface area contributed by atoms with Crippen LogP contribution in [0.2, 0.25) is 0 Å². The Balaban J connectivity index is 3.24. The van der Waals surface area contributed by atoms with E-state index < -0.39 is 30.6 Å². The summed E-state index contributed by atoms with van der Waals surface area (Å²) >= 11 is 18.5. The van der Waals surface area contributed by atoms with Crippen molar-refractivity contribution in [2.75, 3.05) is 11.2 Å². The van der Waals surface area contributed by atoms with Gasteiger partial charge in [0.2, 0.25) is 0 Å². The van der Waals surface area contributed by atoms with E-state index in [1.165, 1.54) is 12.5 Å². The number of aromatic nitrogens is 2. The Labute approximate surface area is 171 Å². The second kappa shape index (κ2) is 10.1. The summed E-state index contributed by atoms with van der Waals surface area (Å²) < 4.78 is 16.4. The van der Waals surface area contributed by atoms with E-state index in [-0.39, 0.29) is 23.5 Å². The van der Waals surface area contributed by atoms with Gasteiger partial charge in [-0.1, -0.05) is 31.9 Å². The van der Waals surface area contributed by atoms with E-state index in [0.717, 1.165) is 0 Å².